The van der Waals surface area contributed by atoms with Crippen LogP contribution in [0, 0.1) is 0 Å². The molecule has 1 amide bonds. The van der Waals surface area contributed by atoms with Gasteiger partial charge < -0.3 is 15.3 Å². The van der Waals surface area contributed by atoms with Crippen LogP contribution in [0.4, 0.5) is 4.79 Å². The highest BCUT2D eigenvalue weighted by Gasteiger charge is 2.23. The molecule has 0 saturated carbocycles. The average Bonchev–Trinajstić information content (AvgIpc) is 2.45. The van der Waals surface area contributed by atoms with E-state index in [9.17, 15) is 4.79 Å². The van der Waals surface area contributed by atoms with E-state index < -0.39 is 6.09 Å². The summed E-state index contributed by atoms with van der Waals surface area (Å²) in [6.45, 7) is 10.8. The molecule has 0 spiro atoms. The maximum absolute atomic E-state index is 10.4. The third kappa shape index (κ3) is 6.57. The first kappa shape index (κ1) is 17.2. The van der Waals surface area contributed by atoms with Gasteiger partial charge in [0.1, 0.15) is 0 Å². The number of unbranched alkanes of at least 4 members (excludes halogenated alkanes) is 1. The number of hydrogen-bond acceptors (Lipinski definition) is 3. The Hall–Kier alpha value is -0.810. The van der Waals surface area contributed by atoms with Crippen LogP contribution in [0.15, 0.2) is 0 Å². The number of carboxylic acid groups (broad SMARTS) is 1. The predicted octanol–water partition coefficient (Wildman–Crippen LogP) is 2.23. The summed E-state index contributed by atoms with van der Waals surface area (Å²) in [5.41, 5.74) is 0. The van der Waals surface area contributed by atoms with Gasteiger partial charge in [0, 0.05) is 19.1 Å². The first-order chi connectivity index (χ1) is 9.67. The highest BCUT2D eigenvalue weighted by molar-refractivity contribution is 5.64. The molecule has 1 heterocycles. The molecule has 2 N–H and O–H groups in total. The average molecular weight is 285 g/mol. The van der Waals surface area contributed by atoms with E-state index in [0.29, 0.717) is 12.6 Å². The maximum atomic E-state index is 10.4. The van der Waals surface area contributed by atoms with Crippen LogP contribution in [0.5, 0.6) is 0 Å². The lowest BCUT2D eigenvalue weighted by Crippen LogP contribution is -2.47. The number of nitrogens with one attached hydrogen (secondary N) is 1. The van der Waals surface area contributed by atoms with Crippen molar-refractivity contribution in [2.75, 3.05) is 39.3 Å². The van der Waals surface area contributed by atoms with Gasteiger partial charge in [-0.1, -0.05) is 20.3 Å². The number of hydrogen-bond donors (Lipinski definition) is 2. The van der Waals surface area contributed by atoms with E-state index in [0.717, 1.165) is 32.5 Å². The van der Waals surface area contributed by atoms with E-state index in [2.05, 4.69) is 29.0 Å². The van der Waals surface area contributed by atoms with Crippen molar-refractivity contribution >= 4 is 6.09 Å². The highest BCUT2D eigenvalue weighted by Crippen LogP contribution is 2.18. The molecule has 1 rings (SSSR count). The first-order valence-electron chi connectivity index (χ1n) is 8.10. The van der Waals surface area contributed by atoms with Gasteiger partial charge in [-0.2, -0.15) is 0 Å². The van der Waals surface area contributed by atoms with Crippen LogP contribution < -0.4 is 5.32 Å². The topological polar surface area (TPSA) is 55.8 Å². The number of likely N-dealkylation sites (tertiary alicyclic amines) is 1. The van der Waals surface area contributed by atoms with Crippen LogP contribution in [0.1, 0.15) is 46.0 Å². The number of piperidine rings is 1. The molecule has 1 aliphatic heterocycles. The molecule has 5 nitrogen and oxygen atoms in total. The molecular weight excluding hydrogens is 254 g/mol. The standard InChI is InChI=1S/C15H31N3O2/c1-3-17(4-2)13-14-9-5-7-11-18(14)12-8-6-10-16-15(19)20/h14,16H,3-13H2,1-2H3,(H,19,20). The number of carbonyl (C=O) groups is 1. The van der Waals surface area contributed by atoms with Gasteiger partial charge in [-0.25, -0.2) is 4.79 Å². The van der Waals surface area contributed by atoms with Crippen LogP contribution in [0.25, 0.3) is 0 Å². The molecule has 0 aliphatic carbocycles. The Kier molecular flexibility index (Phi) is 8.62. The van der Waals surface area contributed by atoms with Gasteiger partial charge in [-0.15, -0.1) is 0 Å². The highest BCUT2D eigenvalue weighted by atomic mass is 16.4. The number of likely N-dealkylation sites (N-methyl/N-ethyl adjacent to an activating group) is 1. The molecule has 0 bridgehead atoms. The third-order valence-electron chi connectivity index (χ3n) is 4.26. The molecule has 0 aromatic heterocycles. The van der Waals surface area contributed by atoms with Gasteiger partial charge >= 0.3 is 6.09 Å². The molecule has 1 fully saturated rings. The number of rotatable bonds is 9. The van der Waals surface area contributed by atoms with E-state index >= 15 is 0 Å². The summed E-state index contributed by atoms with van der Waals surface area (Å²) in [6, 6.07) is 0.691. The van der Waals surface area contributed by atoms with Crippen LogP contribution in [0.2, 0.25) is 0 Å². The minimum atomic E-state index is -0.914. The Labute approximate surface area is 123 Å². The lowest BCUT2D eigenvalue weighted by Gasteiger charge is -2.38. The second-order valence-electron chi connectivity index (χ2n) is 5.61. The van der Waals surface area contributed by atoms with Gasteiger partial charge in [-0.3, -0.25) is 4.90 Å². The van der Waals surface area contributed by atoms with Crippen molar-refractivity contribution < 1.29 is 9.90 Å². The zero-order valence-electron chi connectivity index (χ0n) is 13.1. The summed E-state index contributed by atoms with van der Waals surface area (Å²) in [7, 11) is 0. The monoisotopic (exact) mass is 285 g/mol. The van der Waals surface area contributed by atoms with Crippen molar-refractivity contribution in [2.24, 2.45) is 0 Å². The second kappa shape index (κ2) is 10.00. The molecular formula is C15H31N3O2. The van der Waals surface area contributed by atoms with Gasteiger partial charge in [-0.05, 0) is 51.9 Å². The molecule has 0 aromatic rings. The number of nitrogens with zero attached hydrogens (tertiary/aromatic N) is 2. The molecule has 1 unspecified atom stereocenters. The lowest BCUT2D eigenvalue weighted by molar-refractivity contribution is 0.106. The summed E-state index contributed by atoms with van der Waals surface area (Å²) in [5, 5.41) is 11.0. The van der Waals surface area contributed by atoms with Crippen molar-refractivity contribution in [3.63, 3.8) is 0 Å². The second-order valence-corrected chi connectivity index (χ2v) is 5.61. The van der Waals surface area contributed by atoms with Crippen molar-refractivity contribution in [1.82, 2.24) is 15.1 Å². The summed E-state index contributed by atoms with van der Waals surface area (Å²) in [6.07, 6.45) is 5.06. The Morgan fingerprint density at radius 3 is 2.70 bits per heavy atom. The first-order valence-corrected chi connectivity index (χ1v) is 8.10. The van der Waals surface area contributed by atoms with E-state index in [-0.39, 0.29) is 0 Å². The Morgan fingerprint density at radius 1 is 1.30 bits per heavy atom. The molecule has 5 heteroatoms. The van der Waals surface area contributed by atoms with Gasteiger partial charge in [0.05, 0.1) is 0 Å². The summed E-state index contributed by atoms with van der Waals surface area (Å²) in [5.74, 6) is 0. The van der Waals surface area contributed by atoms with Crippen LogP contribution in [0.3, 0.4) is 0 Å². The smallest absolute Gasteiger partial charge is 0.404 e. The Bertz CT molecular complexity index is 270. The largest absolute Gasteiger partial charge is 0.465 e. The fourth-order valence-electron chi connectivity index (χ4n) is 2.98. The van der Waals surface area contributed by atoms with Crippen LogP contribution >= 0.6 is 0 Å². The Balaban J connectivity index is 2.27. The van der Waals surface area contributed by atoms with Gasteiger partial charge in [0.15, 0.2) is 0 Å². The zero-order chi connectivity index (χ0) is 14.8. The van der Waals surface area contributed by atoms with E-state index in [1.54, 1.807) is 0 Å². The van der Waals surface area contributed by atoms with E-state index in [1.165, 1.54) is 32.4 Å². The minimum Gasteiger partial charge on any atom is -0.465 e. The van der Waals surface area contributed by atoms with E-state index in [1.807, 2.05) is 0 Å². The van der Waals surface area contributed by atoms with E-state index in [4.69, 9.17) is 5.11 Å². The molecule has 1 atom stereocenters. The van der Waals surface area contributed by atoms with Crippen LogP contribution in [-0.4, -0.2) is 66.3 Å². The summed E-state index contributed by atoms with van der Waals surface area (Å²) >= 11 is 0. The third-order valence-corrected chi connectivity index (χ3v) is 4.26. The predicted molar refractivity (Wildman–Crippen MR) is 82.3 cm³/mol. The molecule has 1 saturated heterocycles. The quantitative estimate of drug-likeness (QED) is 0.638. The minimum absolute atomic E-state index is 0.573. The van der Waals surface area contributed by atoms with Crippen molar-refractivity contribution in [3.05, 3.63) is 0 Å². The Morgan fingerprint density at radius 2 is 2.05 bits per heavy atom. The van der Waals surface area contributed by atoms with Crippen molar-refractivity contribution in [1.29, 1.82) is 0 Å². The zero-order valence-corrected chi connectivity index (χ0v) is 13.1. The fourth-order valence-corrected chi connectivity index (χ4v) is 2.98. The number of amides is 1. The molecule has 1 aliphatic rings. The summed E-state index contributed by atoms with van der Waals surface area (Å²) in [4.78, 5) is 15.5. The maximum Gasteiger partial charge on any atom is 0.404 e. The molecule has 0 radical (unpaired) electrons. The lowest BCUT2D eigenvalue weighted by atomic mass is 10.0. The normalized spacial score (nSPS) is 20.2. The van der Waals surface area contributed by atoms with Crippen LogP contribution in [-0.2, 0) is 0 Å². The molecule has 118 valence electrons. The van der Waals surface area contributed by atoms with Gasteiger partial charge in [0.25, 0.3) is 0 Å². The summed E-state index contributed by atoms with van der Waals surface area (Å²) < 4.78 is 0. The van der Waals surface area contributed by atoms with Crippen molar-refractivity contribution in [3.8, 4) is 0 Å². The molecule has 20 heavy (non-hydrogen) atoms. The van der Waals surface area contributed by atoms with Crippen molar-refractivity contribution in [2.45, 2.75) is 52.0 Å². The SMILES string of the molecule is CCN(CC)CC1CCCCN1CCCCNC(=O)O. The van der Waals surface area contributed by atoms with Gasteiger partial charge in [0.2, 0.25) is 0 Å². The fraction of sp³-hybridized carbons (Fsp3) is 0.933. The molecule has 0 aromatic carbocycles.